The number of aromatic hydroxyl groups is 1. The predicted molar refractivity (Wildman–Crippen MR) is 80.8 cm³/mol. The lowest BCUT2D eigenvalue weighted by molar-refractivity contribution is 0.0529. The van der Waals surface area contributed by atoms with Crippen LogP contribution in [0, 0.1) is 6.92 Å². The lowest BCUT2D eigenvalue weighted by atomic mass is 10.1. The molecule has 0 spiro atoms. The fraction of sp³-hybridized carbons (Fsp3) is 0.462. The zero-order valence-electron chi connectivity index (χ0n) is 12.4. The van der Waals surface area contributed by atoms with Crippen molar-refractivity contribution in [3.8, 4) is 5.75 Å². The number of carbonyl (C=O) groups is 1. The van der Waals surface area contributed by atoms with Crippen molar-refractivity contribution in [2.75, 3.05) is 0 Å². The average Bonchev–Trinajstić information content (AvgIpc) is 2.32. The number of aromatic nitrogens is 1. The molecule has 0 aliphatic heterocycles. The van der Waals surface area contributed by atoms with Crippen molar-refractivity contribution in [2.45, 2.75) is 39.9 Å². The number of amides is 1. The quantitative estimate of drug-likeness (QED) is 0.583. The molecular formula is C13H20ClN3O4. The number of ether oxygens (including phenoxy) is 1. The number of aliphatic hydroxyl groups is 1. The van der Waals surface area contributed by atoms with Crippen molar-refractivity contribution in [1.29, 1.82) is 0 Å². The van der Waals surface area contributed by atoms with E-state index in [-0.39, 0.29) is 24.8 Å². The highest BCUT2D eigenvalue weighted by atomic mass is 35.5. The Morgan fingerprint density at radius 3 is 2.67 bits per heavy atom. The maximum absolute atomic E-state index is 11.4. The molecule has 118 valence electrons. The Hall–Kier alpha value is -1.86. The van der Waals surface area contributed by atoms with Gasteiger partial charge in [-0.3, -0.25) is 4.98 Å². The number of rotatable bonds is 3. The van der Waals surface area contributed by atoms with Crippen LogP contribution < -0.4 is 5.43 Å². The molecule has 21 heavy (non-hydrogen) atoms. The summed E-state index contributed by atoms with van der Waals surface area (Å²) >= 11 is 0. The van der Waals surface area contributed by atoms with Gasteiger partial charge >= 0.3 is 6.09 Å². The molecule has 1 aromatic rings. The van der Waals surface area contributed by atoms with Gasteiger partial charge in [0.2, 0.25) is 0 Å². The molecule has 0 radical (unpaired) electrons. The maximum Gasteiger partial charge on any atom is 0.428 e. The van der Waals surface area contributed by atoms with Crippen LogP contribution in [0.4, 0.5) is 4.79 Å². The molecule has 1 aromatic heterocycles. The van der Waals surface area contributed by atoms with E-state index in [0.717, 1.165) is 0 Å². The molecule has 1 heterocycles. The normalized spacial score (nSPS) is 11.1. The van der Waals surface area contributed by atoms with Crippen molar-refractivity contribution >= 4 is 24.7 Å². The van der Waals surface area contributed by atoms with Gasteiger partial charge in [-0.25, -0.2) is 10.2 Å². The van der Waals surface area contributed by atoms with Crippen LogP contribution in [0.3, 0.4) is 0 Å². The minimum atomic E-state index is -0.704. The molecule has 0 aromatic carbocycles. The van der Waals surface area contributed by atoms with Crippen LogP contribution in [0.2, 0.25) is 0 Å². The number of hydrogen-bond donors (Lipinski definition) is 3. The van der Waals surface area contributed by atoms with Crippen LogP contribution in [-0.4, -0.2) is 33.1 Å². The molecule has 0 atom stereocenters. The zero-order chi connectivity index (χ0) is 15.3. The highest BCUT2D eigenvalue weighted by Gasteiger charge is 2.15. The number of pyridine rings is 1. The number of nitrogens with zero attached hydrogens (tertiary/aromatic N) is 2. The molecule has 7 nitrogen and oxygen atoms in total. The Morgan fingerprint density at radius 1 is 1.52 bits per heavy atom. The van der Waals surface area contributed by atoms with Gasteiger partial charge < -0.3 is 14.9 Å². The Balaban J connectivity index is 0.00000400. The van der Waals surface area contributed by atoms with Gasteiger partial charge in [-0.1, -0.05) is 0 Å². The van der Waals surface area contributed by atoms with E-state index in [9.17, 15) is 15.0 Å². The first-order chi connectivity index (χ1) is 9.24. The molecule has 0 saturated heterocycles. The van der Waals surface area contributed by atoms with Gasteiger partial charge in [0, 0.05) is 17.3 Å². The molecule has 3 N–H and O–H groups in total. The van der Waals surface area contributed by atoms with E-state index in [0.29, 0.717) is 16.8 Å². The smallest absolute Gasteiger partial charge is 0.428 e. The van der Waals surface area contributed by atoms with Gasteiger partial charge in [0.25, 0.3) is 0 Å². The standard InChI is InChI=1S/C13H19N3O4.ClH/c1-8-11(18)10(9(7-17)5-14-8)6-15-16-12(19)20-13(2,3)4;/h5-6,17-18H,7H2,1-4H3,(H,16,19);1H/b15-6+;. The van der Waals surface area contributed by atoms with Gasteiger partial charge in [0.05, 0.1) is 18.5 Å². The van der Waals surface area contributed by atoms with E-state index >= 15 is 0 Å². The SMILES string of the molecule is Cc1ncc(CO)c(/C=N/NC(=O)OC(C)(C)C)c1O.Cl. The number of hydrazone groups is 1. The Morgan fingerprint density at radius 2 is 2.14 bits per heavy atom. The predicted octanol–water partition coefficient (Wildman–Crippen LogP) is 1.87. The Kier molecular flexibility index (Phi) is 7.11. The molecule has 8 heteroatoms. The van der Waals surface area contributed by atoms with Crippen LogP contribution >= 0.6 is 12.4 Å². The van der Waals surface area contributed by atoms with Gasteiger partial charge in [0.15, 0.2) is 0 Å². The lowest BCUT2D eigenvalue weighted by Crippen LogP contribution is -2.29. The van der Waals surface area contributed by atoms with E-state index in [4.69, 9.17) is 4.74 Å². The largest absolute Gasteiger partial charge is 0.505 e. The Labute approximate surface area is 129 Å². The van der Waals surface area contributed by atoms with Gasteiger partial charge in [-0.2, -0.15) is 5.10 Å². The topological polar surface area (TPSA) is 104 Å². The number of halogens is 1. The van der Waals surface area contributed by atoms with Gasteiger partial charge in [-0.15, -0.1) is 12.4 Å². The molecule has 1 amide bonds. The first-order valence-electron chi connectivity index (χ1n) is 6.05. The summed E-state index contributed by atoms with van der Waals surface area (Å²) < 4.78 is 5.00. The first kappa shape index (κ1) is 19.1. The average molecular weight is 318 g/mol. The van der Waals surface area contributed by atoms with Crippen molar-refractivity contribution in [3.05, 3.63) is 23.0 Å². The summed E-state index contributed by atoms with van der Waals surface area (Å²) in [6, 6.07) is 0. The third-order valence-electron chi connectivity index (χ3n) is 2.28. The summed E-state index contributed by atoms with van der Waals surface area (Å²) in [5.41, 5.74) is 2.67. The molecule has 0 bridgehead atoms. The van der Waals surface area contributed by atoms with Crippen molar-refractivity contribution in [3.63, 3.8) is 0 Å². The zero-order valence-corrected chi connectivity index (χ0v) is 13.2. The molecule has 0 saturated carbocycles. The molecular weight excluding hydrogens is 298 g/mol. The summed E-state index contributed by atoms with van der Waals surface area (Å²) in [4.78, 5) is 15.3. The van der Waals surface area contributed by atoms with Gasteiger partial charge in [0.1, 0.15) is 11.4 Å². The van der Waals surface area contributed by atoms with Gasteiger partial charge in [-0.05, 0) is 27.7 Å². The van der Waals surface area contributed by atoms with E-state index in [2.05, 4.69) is 15.5 Å². The van der Waals surface area contributed by atoms with Crippen LogP contribution in [0.5, 0.6) is 5.75 Å². The summed E-state index contributed by atoms with van der Waals surface area (Å²) in [5, 5.41) is 22.7. The third kappa shape index (κ3) is 5.97. The minimum absolute atomic E-state index is 0. The molecule has 0 aliphatic carbocycles. The highest BCUT2D eigenvalue weighted by Crippen LogP contribution is 2.21. The number of hydrogen-bond acceptors (Lipinski definition) is 6. The second-order valence-corrected chi connectivity index (χ2v) is 5.16. The van der Waals surface area contributed by atoms with Crippen molar-refractivity contribution in [2.24, 2.45) is 5.10 Å². The first-order valence-corrected chi connectivity index (χ1v) is 6.05. The highest BCUT2D eigenvalue weighted by molar-refractivity contribution is 5.86. The van der Waals surface area contributed by atoms with E-state index in [1.54, 1.807) is 27.7 Å². The van der Waals surface area contributed by atoms with E-state index in [1.807, 2.05) is 0 Å². The summed E-state index contributed by atoms with van der Waals surface area (Å²) in [6.45, 7) is 6.53. The van der Waals surface area contributed by atoms with Crippen LogP contribution in [0.15, 0.2) is 11.3 Å². The second kappa shape index (κ2) is 7.80. The van der Waals surface area contributed by atoms with Crippen LogP contribution in [0.1, 0.15) is 37.6 Å². The summed E-state index contributed by atoms with van der Waals surface area (Å²) in [5.74, 6) is -0.0914. The number of aliphatic hydroxyl groups excluding tert-OH is 1. The summed E-state index contributed by atoms with van der Waals surface area (Å²) in [7, 11) is 0. The van der Waals surface area contributed by atoms with E-state index < -0.39 is 11.7 Å². The fourth-order valence-corrected chi connectivity index (χ4v) is 1.37. The monoisotopic (exact) mass is 317 g/mol. The minimum Gasteiger partial charge on any atom is -0.505 e. The molecule has 0 aliphatic rings. The third-order valence-corrected chi connectivity index (χ3v) is 2.28. The van der Waals surface area contributed by atoms with Crippen molar-refractivity contribution < 1.29 is 19.7 Å². The summed E-state index contributed by atoms with van der Waals surface area (Å²) in [6.07, 6.45) is 1.97. The lowest BCUT2D eigenvalue weighted by Gasteiger charge is -2.18. The number of nitrogens with one attached hydrogen (secondary N) is 1. The van der Waals surface area contributed by atoms with E-state index in [1.165, 1.54) is 12.4 Å². The van der Waals surface area contributed by atoms with Crippen LogP contribution in [0.25, 0.3) is 0 Å². The maximum atomic E-state index is 11.4. The van der Waals surface area contributed by atoms with Crippen LogP contribution in [-0.2, 0) is 11.3 Å². The van der Waals surface area contributed by atoms with Crippen molar-refractivity contribution in [1.82, 2.24) is 10.4 Å². The fourth-order valence-electron chi connectivity index (χ4n) is 1.37. The second-order valence-electron chi connectivity index (χ2n) is 5.16. The number of aryl methyl sites for hydroxylation is 1. The molecule has 0 unspecified atom stereocenters. The Bertz CT molecular complexity index is 527. The molecule has 1 rings (SSSR count). The molecule has 0 fully saturated rings. The number of carbonyl (C=O) groups excluding carboxylic acids is 1.